The summed E-state index contributed by atoms with van der Waals surface area (Å²) in [6.07, 6.45) is 2.68. The van der Waals surface area contributed by atoms with Gasteiger partial charge in [-0.05, 0) is 55.1 Å². The molecule has 30 heavy (non-hydrogen) atoms. The van der Waals surface area contributed by atoms with Gasteiger partial charge in [-0.15, -0.1) is 0 Å². The molecule has 0 saturated heterocycles. The van der Waals surface area contributed by atoms with E-state index in [9.17, 15) is 30.0 Å². The van der Waals surface area contributed by atoms with Gasteiger partial charge >= 0.3 is 11.9 Å². The molecule has 162 valence electrons. The SMILES string of the molecule is Cc1cc(O)cc(O)c1C(=O)O[C@@H]1C[C@]2(C)[C@H]3CC(C)(C)C[C@@H]3C=C(C(=O)O)[C@]12O. The maximum atomic E-state index is 12.8. The van der Waals surface area contributed by atoms with E-state index in [2.05, 4.69) is 13.8 Å². The van der Waals surface area contributed by atoms with Crippen molar-refractivity contribution in [2.45, 2.75) is 58.7 Å². The van der Waals surface area contributed by atoms with E-state index in [1.54, 1.807) is 13.0 Å². The number of carbonyl (C=O) groups excluding carboxylic acids is 1. The highest BCUT2D eigenvalue weighted by atomic mass is 16.6. The number of rotatable bonds is 3. The Kier molecular flexibility index (Phi) is 4.30. The molecule has 5 atom stereocenters. The van der Waals surface area contributed by atoms with E-state index in [0.717, 1.165) is 18.9 Å². The van der Waals surface area contributed by atoms with Crippen LogP contribution < -0.4 is 0 Å². The first kappa shape index (κ1) is 20.7. The lowest BCUT2D eigenvalue weighted by Crippen LogP contribution is -2.73. The Morgan fingerprint density at radius 2 is 1.77 bits per heavy atom. The second kappa shape index (κ2) is 6.23. The number of allylic oxidation sites excluding steroid dienone is 1. The van der Waals surface area contributed by atoms with Crippen LogP contribution in [0, 0.1) is 29.6 Å². The van der Waals surface area contributed by atoms with Crippen LogP contribution in [0.25, 0.3) is 0 Å². The quantitative estimate of drug-likeness (QED) is 0.558. The third-order valence-corrected chi connectivity index (χ3v) is 7.62. The first-order valence-corrected chi connectivity index (χ1v) is 10.2. The van der Waals surface area contributed by atoms with Gasteiger partial charge in [-0.1, -0.05) is 26.8 Å². The Labute approximate surface area is 175 Å². The summed E-state index contributed by atoms with van der Waals surface area (Å²) in [5, 5.41) is 41.1. The summed E-state index contributed by atoms with van der Waals surface area (Å²) < 4.78 is 5.56. The maximum absolute atomic E-state index is 12.8. The molecule has 4 N–H and O–H groups in total. The molecule has 0 heterocycles. The number of aliphatic carboxylic acids is 1. The molecule has 3 aliphatic rings. The first-order chi connectivity index (χ1) is 13.8. The number of hydrogen-bond donors (Lipinski definition) is 4. The van der Waals surface area contributed by atoms with Crippen molar-refractivity contribution in [2.24, 2.45) is 22.7 Å². The largest absolute Gasteiger partial charge is 0.508 e. The van der Waals surface area contributed by atoms with Crippen LogP contribution in [0.15, 0.2) is 23.8 Å². The maximum Gasteiger partial charge on any atom is 0.342 e. The van der Waals surface area contributed by atoms with Crippen LogP contribution in [-0.2, 0) is 9.53 Å². The van der Waals surface area contributed by atoms with Gasteiger partial charge in [0.15, 0.2) is 0 Å². The highest BCUT2D eigenvalue weighted by molar-refractivity contribution is 5.95. The minimum atomic E-state index is -1.80. The molecule has 0 amide bonds. The fourth-order valence-corrected chi connectivity index (χ4v) is 6.23. The Hall–Kier alpha value is -2.54. The summed E-state index contributed by atoms with van der Waals surface area (Å²) in [7, 11) is 0. The predicted molar refractivity (Wildman–Crippen MR) is 107 cm³/mol. The van der Waals surface area contributed by atoms with Crippen LogP contribution in [0.4, 0.5) is 0 Å². The Morgan fingerprint density at radius 3 is 2.37 bits per heavy atom. The van der Waals surface area contributed by atoms with Gasteiger partial charge in [0.2, 0.25) is 0 Å². The Morgan fingerprint density at radius 1 is 1.10 bits per heavy atom. The molecule has 2 saturated carbocycles. The lowest BCUT2D eigenvalue weighted by Gasteiger charge is -2.64. The van der Waals surface area contributed by atoms with Crippen molar-refractivity contribution >= 4 is 11.9 Å². The van der Waals surface area contributed by atoms with E-state index < -0.39 is 34.8 Å². The number of hydrogen-bond acceptors (Lipinski definition) is 6. The van der Waals surface area contributed by atoms with Crippen molar-refractivity contribution in [1.82, 2.24) is 0 Å². The molecule has 7 nitrogen and oxygen atoms in total. The number of carboxylic acid groups (broad SMARTS) is 1. The highest BCUT2D eigenvalue weighted by Gasteiger charge is 2.73. The molecule has 1 aromatic carbocycles. The molecule has 0 aliphatic heterocycles. The molecule has 0 bridgehead atoms. The summed E-state index contributed by atoms with van der Waals surface area (Å²) in [5.74, 6) is -2.52. The lowest BCUT2D eigenvalue weighted by molar-refractivity contribution is -0.249. The van der Waals surface area contributed by atoms with Gasteiger partial charge in [0.1, 0.15) is 28.8 Å². The standard InChI is InChI=1S/C23H28O7/c1-11-5-13(24)7-16(25)18(11)20(28)30-17-10-22(4)15-9-21(2,3)8-12(15)6-14(19(26)27)23(17,22)29/h5-7,12,15,17,24-25,29H,8-10H2,1-4H3,(H,26,27)/t12-,15-,17+,22+,23-/m0/s1. The van der Waals surface area contributed by atoms with E-state index in [4.69, 9.17) is 4.74 Å². The van der Waals surface area contributed by atoms with E-state index in [-0.39, 0.29) is 34.1 Å². The van der Waals surface area contributed by atoms with Gasteiger partial charge in [0.05, 0.1) is 5.57 Å². The zero-order chi connectivity index (χ0) is 22.2. The van der Waals surface area contributed by atoms with Crippen LogP contribution in [-0.4, -0.2) is 44.1 Å². The van der Waals surface area contributed by atoms with Crippen LogP contribution >= 0.6 is 0 Å². The number of esters is 1. The third-order valence-electron chi connectivity index (χ3n) is 7.62. The smallest absolute Gasteiger partial charge is 0.342 e. The zero-order valence-corrected chi connectivity index (χ0v) is 17.6. The monoisotopic (exact) mass is 416 g/mol. The molecule has 1 aromatic rings. The van der Waals surface area contributed by atoms with Gasteiger partial charge in [-0.2, -0.15) is 0 Å². The van der Waals surface area contributed by atoms with E-state index in [0.29, 0.717) is 12.0 Å². The Bertz CT molecular complexity index is 955. The summed E-state index contributed by atoms with van der Waals surface area (Å²) in [4.78, 5) is 24.8. The summed E-state index contributed by atoms with van der Waals surface area (Å²) in [6.45, 7) is 7.72. The first-order valence-electron chi connectivity index (χ1n) is 10.2. The molecule has 0 radical (unpaired) electrons. The van der Waals surface area contributed by atoms with Crippen molar-refractivity contribution in [1.29, 1.82) is 0 Å². The number of aliphatic hydroxyl groups is 1. The molecule has 0 aromatic heterocycles. The topological polar surface area (TPSA) is 124 Å². The van der Waals surface area contributed by atoms with Crippen LogP contribution in [0.5, 0.6) is 11.5 Å². The third kappa shape index (κ3) is 2.68. The van der Waals surface area contributed by atoms with Crippen molar-refractivity contribution in [3.05, 3.63) is 34.9 Å². The van der Waals surface area contributed by atoms with Gasteiger partial charge in [0.25, 0.3) is 0 Å². The molecule has 0 unspecified atom stereocenters. The number of aryl methyl sites for hydroxylation is 1. The highest BCUT2D eigenvalue weighted by Crippen LogP contribution is 2.68. The van der Waals surface area contributed by atoms with Gasteiger partial charge < -0.3 is 25.2 Å². The Balaban J connectivity index is 1.68. The van der Waals surface area contributed by atoms with E-state index in [1.165, 1.54) is 6.07 Å². The van der Waals surface area contributed by atoms with Crippen LogP contribution in [0.2, 0.25) is 0 Å². The van der Waals surface area contributed by atoms with Gasteiger partial charge in [-0.25, -0.2) is 9.59 Å². The molecule has 2 fully saturated rings. The fraction of sp³-hybridized carbons (Fsp3) is 0.565. The lowest BCUT2D eigenvalue weighted by atomic mass is 9.44. The number of aromatic hydroxyl groups is 2. The zero-order valence-electron chi connectivity index (χ0n) is 17.6. The number of carbonyl (C=O) groups is 2. The summed E-state index contributed by atoms with van der Waals surface area (Å²) >= 11 is 0. The number of phenols is 2. The van der Waals surface area contributed by atoms with Crippen LogP contribution in [0.1, 0.15) is 56.0 Å². The molecule has 7 heteroatoms. The normalized spacial score (nSPS) is 36.2. The number of carboxylic acids is 1. The molecule has 0 spiro atoms. The average molecular weight is 416 g/mol. The number of fused-ring (bicyclic) bond motifs is 3. The van der Waals surface area contributed by atoms with Gasteiger partial charge in [0, 0.05) is 11.5 Å². The van der Waals surface area contributed by atoms with Crippen molar-refractivity contribution < 1.29 is 34.8 Å². The van der Waals surface area contributed by atoms with Crippen molar-refractivity contribution in [2.75, 3.05) is 0 Å². The fourth-order valence-electron chi connectivity index (χ4n) is 6.23. The number of ether oxygens (including phenoxy) is 1. The van der Waals surface area contributed by atoms with E-state index in [1.807, 2.05) is 6.92 Å². The summed E-state index contributed by atoms with van der Waals surface area (Å²) in [5.41, 5.74) is -2.37. The van der Waals surface area contributed by atoms with E-state index >= 15 is 0 Å². The van der Waals surface area contributed by atoms with Gasteiger partial charge in [-0.3, -0.25) is 0 Å². The van der Waals surface area contributed by atoms with Crippen molar-refractivity contribution in [3.63, 3.8) is 0 Å². The summed E-state index contributed by atoms with van der Waals surface area (Å²) in [6, 6.07) is 2.36. The minimum absolute atomic E-state index is 0.0421. The average Bonchev–Trinajstić information content (AvgIpc) is 2.91. The predicted octanol–water partition coefficient (Wildman–Crippen LogP) is 3.15. The molecule has 3 aliphatic carbocycles. The second-order valence-electron chi connectivity index (χ2n) is 10.2. The minimum Gasteiger partial charge on any atom is -0.508 e. The second-order valence-corrected chi connectivity index (χ2v) is 10.2. The molecular formula is C23H28O7. The van der Waals surface area contributed by atoms with Crippen molar-refractivity contribution in [3.8, 4) is 11.5 Å². The molecular weight excluding hydrogens is 388 g/mol. The number of benzene rings is 1. The molecule has 4 rings (SSSR count). The number of phenolic OH excluding ortho intramolecular Hbond substituents is 2. The van der Waals surface area contributed by atoms with Crippen LogP contribution in [0.3, 0.4) is 0 Å².